The zero-order valence-corrected chi connectivity index (χ0v) is 16.9. The van der Waals surface area contributed by atoms with Gasteiger partial charge in [-0.25, -0.2) is 9.37 Å². The Kier molecular flexibility index (Phi) is 5.77. The Morgan fingerprint density at radius 2 is 1.81 bits per heavy atom. The van der Waals surface area contributed by atoms with Crippen molar-refractivity contribution in [1.29, 1.82) is 0 Å². The van der Waals surface area contributed by atoms with Crippen LogP contribution in [0, 0.1) is 5.82 Å². The number of pyridine rings is 1. The van der Waals surface area contributed by atoms with Gasteiger partial charge >= 0.3 is 0 Å². The predicted molar refractivity (Wildman–Crippen MR) is 109 cm³/mol. The molecule has 2 aromatic carbocycles. The number of benzene rings is 2. The number of hydrogen-bond donors (Lipinski definition) is 1. The number of hydrogen-bond acceptors (Lipinski definition) is 3. The summed E-state index contributed by atoms with van der Waals surface area (Å²) in [7, 11) is 1.56. The summed E-state index contributed by atoms with van der Waals surface area (Å²) < 4.78 is 20.9. The van der Waals surface area contributed by atoms with E-state index < -0.39 is 5.82 Å². The zero-order chi connectivity index (χ0) is 19.6. The molecule has 27 heavy (non-hydrogen) atoms. The lowest BCUT2D eigenvalue weighted by atomic mass is 9.97. The maximum absolute atomic E-state index is 14.4. The smallest absolute Gasteiger partial charge is 0.221 e. The maximum Gasteiger partial charge on any atom is 0.221 e. The molecule has 4 nitrogen and oxygen atoms in total. The van der Waals surface area contributed by atoms with Crippen LogP contribution in [0.2, 0.25) is 5.15 Å². The molecule has 0 aliphatic rings. The molecule has 1 aromatic heterocycles. The van der Waals surface area contributed by atoms with Gasteiger partial charge in [0, 0.05) is 28.7 Å². The number of amides is 1. The molecule has 0 saturated heterocycles. The average Bonchev–Trinajstić information content (AvgIpc) is 2.62. The molecule has 1 N–H and O–H groups in total. The van der Waals surface area contributed by atoms with E-state index in [1.54, 1.807) is 25.4 Å². The predicted octanol–water partition coefficient (Wildman–Crippen LogP) is 5.94. The lowest BCUT2D eigenvalue weighted by Gasteiger charge is -2.16. The normalized spacial score (nSPS) is 10.6. The molecule has 0 fully saturated rings. The number of aromatic nitrogens is 1. The molecule has 3 aromatic rings. The van der Waals surface area contributed by atoms with Crippen molar-refractivity contribution in [3.05, 3.63) is 64.1 Å². The maximum atomic E-state index is 14.4. The molecule has 0 aliphatic heterocycles. The van der Waals surface area contributed by atoms with Crippen molar-refractivity contribution in [2.24, 2.45) is 0 Å². The Labute approximate surface area is 169 Å². The van der Waals surface area contributed by atoms with Crippen LogP contribution in [0.5, 0.6) is 5.75 Å². The van der Waals surface area contributed by atoms with Crippen LogP contribution >= 0.6 is 27.5 Å². The Morgan fingerprint density at radius 1 is 1.15 bits per heavy atom. The van der Waals surface area contributed by atoms with Crippen LogP contribution in [0.15, 0.2) is 53.1 Å². The summed E-state index contributed by atoms with van der Waals surface area (Å²) in [5, 5.41) is 2.82. The first kappa shape index (κ1) is 19.3. The third-order valence-electron chi connectivity index (χ3n) is 3.89. The van der Waals surface area contributed by atoms with Crippen LogP contribution in [0.1, 0.15) is 6.92 Å². The number of methoxy groups -OCH3 is 1. The van der Waals surface area contributed by atoms with Crippen LogP contribution in [-0.4, -0.2) is 18.0 Å². The van der Waals surface area contributed by atoms with Crippen molar-refractivity contribution < 1.29 is 13.9 Å². The lowest BCUT2D eigenvalue weighted by Crippen LogP contribution is -2.07. The SMILES string of the molecule is COc1c(-c2ccnc(Cl)c2)cc(Br)cc1-c1ccc(NC(C)=O)c(F)c1. The van der Waals surface area contributed by atoms with Gasteiger partial charge in [-0.1, -0.05) is 33.6 Å². The topological polar surface area (TPSA) is 51.2 Å². The first-order valence-corrected chi connectivity index (χ1v) is 9.13. The Hall–Kier alpha value is -2.44. The standard InChI is InChI=1S/C20H15BrClFN2O2/c1-11(26)25-18-4-3-12(7-17(18)23)15-9-14(21)10-16(20(15)27-2)13-5-6-24-19(22)8-13/h3-10H,1-2H3,(H,25,26). The third-order valence-corrected chi connectivity index (χ3v) is 4.55. The number of anilines is 1. The molecule has 1 heterocycles. The minimum absolute atomic E-state index is 0.126. The summed E-state index contributed by atoms with van der Waals surface area (Å²) >= 11 is 9.52. The summed E-state index contributed by atoms with van der Waals surface area (Å²) in [5.74, 6) is -0.288. The second kappa shape index (κ2) is 8.06. The van der Waals surface area contributed by atoms with Crippen molar-refractivity contribution in [1.82, 2.24) is 4.98 Å². The van der Waals surface area contributed by atoms with Gasteiger partial charge in [0.15, 0.2) is 0 Å². The van der Waals surface area contributed by atoms with Crippen LogP contribution in [0.25, 0.3) is 22.3 Å². The Balaban J connectivity index is 2.16. The summed E-state index contributed by atoms with van der Waals surface area (Å²) in [6, 6.07) is 11.9. The molecule has 7 heteroatoms. The minimum Gasteiger partial charge on any atom is -0.495 e. The van der Waals surface area contributed by atoms with Gasteiger partial charge in [-0.05, 0) is 47.5 Å². The fourth-order valence-electron chi connectivity index (χ4n) is 2.79. The van der Waals surface area contributed by atoms with Gasteiger partial charge in [0.05, 0.1) is 12.8 Å². The highest BCUT2D eigenvalue weighted by molar-refractivity contribution is 9.10. The number of carbonyl (C=O) groups is 1. The number of rotatable bonds is 4. The molecular weight excluding hydrogens is 435 g/mol. The minimum atomic E-state index is -0.529. The highest BCUT2D eigenvalue weighted by atomic mass is 79.9. The highest BCUT2D eigenvalue weighted by Crippen LogP contribution is 2.42. The van der Waals surface area contributed by atoms with Crippen molar-refractivity contribution in [3.63, 3.8) is 0 Å². The molecule has 1 amide bonds. The van der Waals surface area contributed by atoms with Gasteiger partial charge in [0.1, 0.15) is 16.7 Å². The molecule has 0 aliphatic carbocycles. The molecule has 0 bridgehead atoms. The van der Waals surface area contributed by atoms with Gasteiger partial charge in [-0.2, -0.15) is 0 Å². The molecule has 0 radical (unpaired) electrons. The Morgan fingerprint density at radius 3 is 2.37 bits per heavy atom. The Bertz CT molecular complexity index is 1030. The zero-order valence-electron chi connectivity index (χ0n) is 14.5. The number of carbonyl (C=O) groups excluding carboxylic acids is 1. The van der Waals surface area contributed by atoms with Crippen LogP contribution < -0.4 is 10.1 Å². The van der Waals surface area contributed by atoms with Crippen molar-refractivity contribution >= 4 is 39.1 Å². The van der Waals surface area contributed by atoms with Gasteiger partial charge in [0.2, 0.25) is 5.91 Å². The molecule has 0 spiro atoms. The fourth-order valence-corrected chi connectivity index (χ4v) is 3.42. The van der Waals surface area contributed by atoms with Gasteiger partial charge in [-0.15, -0.1) is 0 Å². The van der Waals surface area contributed by atoms with Gasteiger partial charge in [-0.3, -0.25) is 4.79 Å². The number of halogens is 3. The highest BCUT2D eigenvalue weighted by Gasteiger charge is 2.16. The molecule has 138 valence electrons. The van der Waals surface area contributed by atoms with Crippen LogP contribution in [-0.2, 0) is 4.79 Å². The second-order valence-corrected chi connectivity index (χ2v) is 7.08. The van der Waals surface area contributed by atoms with Crippen molar-refractivity contribution in [2.45, 2.75) is 6.92 Å². The van der Waals surface area contributed by atoms with Crippen LogP contribution in [0.4, 0.5) is 10.1 Å². The third kappa shape index (κ3) is 4.28. The molecule has 0 saturated carbocycles. The number of nitrogens with one attached hydrogen (secondary N) is 1. The van der Waals surface area contributed by atoms with Crippen LogP contribution in [0.3, 0.4) is 0 Å². The second-order valence-electron chi connectivity index (χ2n) is 5.78. The van der Waals surface area contributed by atoms with E-state index in [0.29, 0.717) is 22.0 Å². The first-order chi connectivity index (χ1) is 12.9. The first-order valence-electron chi connectivity index (χ1n) is 7.96. The monoisotopic (exact) mass is 448 g/mol. The van der Waals surface area contributed by atoms with E-state index >= 15 is 0 Å². The average molecular weight is 450 g/mol. The summed E-state index contributed by atoms with van der Waals surface area (Å²) in [5.41, 5.74) is 3.05. The molecular formula is C20H15BrClFN2O2. The van der Waals surface area contributed by atoms with Crippen molar-refractivity contribution in [3.8, 4) is 28.0 Å². The van der Waals surface area contributed by atoms with E-state index in [1.165, 1.54) is 19.1 Å². The summed E-state index contributed by atoms with van der Waals surface area (Å²) in [6.45, 7) is 1.33. The van der Waals surface area contributed by atoms with Gasteiger partial charge in [0.25, 0.3) is 0 Å². The summed E-state index contributed by atoms with van der Waals surface area (Å²) in [4.78, 5) is 15.2. The molecule has 0 unspecified atom stereocenters. The van der Waals surface area contributed by atoms with E-state index in [4.69, 9.17) is 16.3 Å². The molecule has 3 rings (SSSR count). The van der Waals surface area contributed by atoms with E-state index in [-0.39, 0.29) is 11.6 Å². The number of ether oxygens (including phenoxy) is 1. The lowest BCUT2D eigenvalue weighted by molar-refractivity contribution is -0.114. The van der Waals surface area contributed by atoms with E-state index in [0.717, 1.165) is 15.6 Å². The largest absolute Gasteiger partial charge is 0.495 e. The quantitative estimate of drug-likeness (QED) is 0.502. The molecule has 0 atom stereocenters. The number of nitrogens with zero attached hydrogens (tertiary/aromatic N) is 1. The van der Waals surface area contributed by atoms with E-state index in [9.17, 15) is 9.18 Å². The fraction of sp³-hybridized carbons (Fsp3) is 0.100. The van der Waals surface area contributed by atoms with Gasteiger partial charge < -0.3 is 10.1 Å². The van der Waals surface area contributed by atoms with E-state index in [2.05, 4.69) is 26.2 Å². The van der Waals surface area contributed by atoms with Crippen molar-refractivity contribution in [2.75, 3.05) is 12.4 Å². The summed E-state index contributed by atoms with van der Waals surface area (Å²) in [6.07, 6.45) is 1.61. The van der Waals surface area contributed by atoms with E-state index in [1.807, 2.05) is 18.2 Å².